The van der Waals surface area contributed by atoms with Crippen molar-refractivity contribution in [1.29, 1.82) is 0 Å². The SMILES string of the molecule is Cc1csc([C@@H](C)N(C)C(=O)c2cccc3nccnc23)n1. The van der Waals surface area contributed by atoms with E-state index >= 15 is 0 Å². The van der Waals surface area contributed by atoms with E-state index in [0.29, 0.717) is 11.1 Å². The Hall–Kier alpha value is -2.34. The Kier molecular flexibility index (Phi) is 3.85. The topological polar surface area (TPSA) is 59.0 Å². The molecule has 1 atom stereocenters. The number of carbonyl (C=O) groups is 1. The second-order valence-electron chi connectivity index (χ2n) is 5.15. The van der Waals surface area contributed by atoms with Crippen molar-refractivity contribution in [2.45, 2.75) is 19.9 Å². The molecule has 0 saturated heterocycles. The molecule has 0 bridgehead atoms. The fourth-order valence-corrected chi connectivity index (χ4v) is 3.16. The highest BCUT2D eigenvalue weighted by molar-refractivity contribution is 7.09. The van der Waals surface area contributed by atoms with E-state index in [4.69, 9.17) is 0 Å². The van der Waals surface area contributed by atoms with Crippen LogP contribution in [-0.4, -0.2) is 32.8 Å². The Morgan fingerprint density at radius 2 is 2.05 bits per heavy atom. The molecule has 0 spiro atoms. The highest BCUT2D eigenvalue weighted by atomic mass is 32.1. The van der Waals surface area contributed by atoms with Gasteiger partial charge < -0.3 is 4.90 Å². The first-order chi connectivity index (χ1) is 10.6. The minimum atomic E-state index is -0.0851. The normalized spacial score (nSPS) is 12.3. The lowest BCUT2D eigenvalue weighted by atomic mass is 10.1. The number of carbonyl (C=O) groups excluding carboxylic acids is 1. The zero-order valence-corrected chi connectivity index (χ0v) is 13.5. The molecule has 5 nitrogen and oxygen atoms in total. The van der Waals surface area contributed by atoms with Gasteiger partial charge in [0.2, 0.25) is 0 Å². The van der Waals surface area contributed by atoms with Gasteiger partial charge in [-0.25, -0.2) is 4.98 Å². The average molecular weight is 312 g/mol. The Balaban J connectivity index is 1.95. The van der Waals surface area contributed by atoms with E-state index in [1.807, 2.05) is 31.4 Å². The van der Waals surface area contributed by atoms with E-state index in [-0.39, 0.29) is 11.9 Å². The summed E-state index contributed by atoms with van der Waals surface area (Å²) in [6.45, 7) is 3.93. The number of hydrogen-bond donors (Lipinski definition) is 0. The minimum absolute atomic E-state index is 0.0774. The number of aryl methyl sites for hydroxylation is 1. The number of para-hydroxylation sites is 1. The average Bonchev–Trinajstić information content (AvgIpc) is 2.98. The number of aromatic nitrogens is 3. The summed E-state index contributed by atoms with van der Waals surface area (Å²) in [5, 5.41) is 2.92. The van der Waals surface area contributed by atoms with E-state index in [1.54, 1.807) is 41.7 Å². The van der Waals surface area contributed by atoms with Gasteiger partial charge in [0.1, 0.15) is 10.5 Å². The lowest BCUT2D eigenvalue weighted by molar-refractivity contribution is 0.0744. The largest absolute Gasteiger partial charge is 0.332 e. The number of thiazole rings is 1. The van der Waals surface area contributed by atoms with Gasteiger partial charge in [-0.15, -0.1) is 11.3 Å². The van der Waals surface area contributed by atoms with Crippen molar-refractivity contribution in [2.75, 3.05) is 7.05 Å². The molecule has 0 aliphatic carbocycles. The van der Waals surface area contributed by atoms with Crippen LogP contribution in [0.3, 0.4) is 0 Å². The first-order valence-corrected chi connectivity index (χ1v) is 7.85. The Morgan fingerprint density at radius 3 is 2.77 bits per heavy atom. The standard InChI is InChI=1S/C16H16N4OS/c1-10-9-22-15(19-10)11(2)20(3)16(21)12-5-4-6-13-14(12)18-8-7-17-13/h4-9,11H,1-3H3/t11-/m1/s1. The van der Waals surface area contributed by atoms with Crippen LogP contribution in [0, 0.1) is 6.92 Å². The van der Waals surface area contributed by atoms with E-state index in [1.165, 1.54) is 0 Å². The van der Waals surface area contributed by atoms with Crippen LogP contribution >= 0.6 is 11.3 Å². The van der Waals surface area contributed by atoms with Crippen molar-refractivity contribution in [2.24, 2.45) is 0 Å². The molecular formula is C16H16N4OS. The fraction of sp³-hybridized carbons (Fsp3) is 0.250. The van der Waals surface area contributed by atoms with Gasteiger partial charge in [0.15, 0.2) is 0 Å². The molecule has 0 aliphatic rings. The number of fused-ring (bicyclic) bond motifs is 1. The molecule has 0 fully saturated rings. The van der Waals surface area contributed by atoms with Crippen molar-refractivity contribution >= 4 is 28.3 Å². The molecule has 6 heteroatoms. The highest BCUT2D eigenvalue weighted by Gasteiger charge is 2.23. The third-order valence-corrected chi connectivity index (χ3v) is 4.76. The third-order valence-electron chi connectivity index (χ3n) is 3.62. The van der Waals surface area contributed by atoms with Gasteiger partial charge in [-0.05, 0) is 26.0 Å². The maximum Gasteiger partial charge on any atom is 0.256 e. The van der Waals surface area contributed by atoms with Crippen molar-refractivity contribution in [3.63, 3.8) is 0 Å². The highest BCUT2D eigenvalue weighted by Crippen LogP contribution is 2.25. The molecular weight excluding hydrogens is 296 g/mol. The number of benzene rings is 1. The molecule has 1 aromatic carbocycles. The molecule has 0 unspecified atom stereocenters. The molecule has 2 aromatic heterocycles. The predicted molar refractivity (Wildman–Crippen MR) is 86.9 cm³/mol. The summed E-state index contributed by atoms with van der Waals surface area (Å²) < 4.78 is 0. The summed E-state index contributed by atoms with van der Waals surface area (Å²) in [7, 11) is 1.79. The Labute approximate surface area is 132 Å². The van der Waals surface area contributed by atoms with E-state index in [2.05, 4.69) is 15.0 Å². The van der Waals surface area contributed by atoms with Crippen molar-refractivity contribution in [3.8, 4) is 0 Å². The zero-order valence-electron chi connectivity index (χ0n) is 12.6. The Bertz CT molecular complexity index is 824. The quantitative estimate of drug-likeness (QED) is 0.745. The summed E-state index contributed by atoms with van der Waals surface area (Å²) in [5.41, 5.74) is 2.89. The van der Waals surface area contributed by atoms with Crippen LogP contribution in [0.5, 0.6) is 0 Å². The smallest absolute Gasteiger partial charge is 0.256 e. The number of nitrogens with zero attached hydrogens (tertiary/aromatic N) is 4. The molecule has 0 N–H and O–H groups in total. The van der Waals surface area contributed by atoms with E-state index in [9.17, 15) is 4.79 Å². The van der Waals surface area contributed by atoms with Crippen LogP contribution in [0.1, 0.15) is 34.0 Å². The molecule has 22 heavy (non-hydrogen) atoms. The van der Waals surface area contributed by atoms with Gasteiger partial charge in [-0.1, -0.05) is 6.07 Å². The summed E-state index contributed by atoms with van der Waals surface area (Å²) in [5.74, 6) is -0.0774. The predicted octanol–water partition coefficient (Wildman–Crippen LogP) is 3.23. The van der Waals surface area contributed by atoms with Crippen LogP contribution in [0.15, 0.2) is 36.0 Å². The number of amides is 1. The van der Waals surface area contributed by atoms with Gasteiger partial charge >= 0.3 is 0 Å². The maximum absolute atomic E-state index is 12.8. The van der Waals surface area contributed by atoms with Crippen LogP contribution in [0.25, 0.3) is 11.0 Å². The number of rotatable bonds is 3. The monoisotopic (exact) mass is 312 g/mol. The molecule has 0 aliphatic heterocycles. The van der Waals surface area contributed by atoms with E-state index < -0.39 is 0 Å². The van der Waals surface area contributed by atoms with Gasteiger partial charge in [-0.3, -0.25) is 14.8 Å². The molecule has 3 aromatic rings. The lowest BCUT2D eigenvalue weighted by Crippen LogP contribution is -2.30. The molecule has 3 rings (SSSR count). The van der Waals surface area contributed by atoms with Crippen LogP contribution in [-0.2, 0) is 0 Å². The summed E-state index contributed by atoms with van der Waals surface area (Å²) in [4.78, 5) is 27.5. The molecule has 0 saturated carbocycles. The molecule has 1 amide bonds. The van der Waals surface area contributed by atoms with Crippen molar-refractivity contribution < 1.29 is 4.79 Å². The van der Waals surface area contributed by atoms with Crippen molar-refractivity contribution in [3.05, 3.63) is 52.2 Å². The second kappa shape index (κ2) is 5.81. The third kappa shape index (κ3) is 2.57. The molecule has 2 heterocycles. The van der Waals surface area contributed by atoms with Gasteiger partial charge in [0, 0.05) is 30.5 Å². The second-order valence-corrected chi connectivity index (χ2v) is 6.04. The fourth-order valence-electron chi connectivity index (χ4n) is 2.26. The number of hydrogen-bond acceptors (Lipinski definition) is 5. The van der Waals surface area contributed by atoms with Crippen LogP contribution < -0.4 is 0 Å². The molecule has 112 valence electrons. The van der Waals surface area contributed by atoms with Crippen LogP contribution in [0.4, 0.5) is 0 Å². The van der Waals surface area contributed by atoms with E-state index in [0.717, 1.165) is 16.2 Å². The van der Waals surface area contributed by atoms with Crippen LogP contribution in [0.2, 0.25) is 0 Å². The first-order valence-electron chi connectivity index (χ1n) is 6.97. The minimum Gasteiger partial charge on any atom is -0.332 e. The van der Waals surface area contributed by atoms with Gasteiger partial charge in [0.25, 0.3) is 5.91 Å². The summed E-state index contributed by atoms with van der Waals surface area (Å²) in [6.07, 6.45) is 3.23. The van der Waals surface area contributed by atoms with Gasteiger partial charge in [0.05, 0.1) is 17.1 Å². The molecule has 0 radical (unpaired) electrons. The van der Waals surface area contributed by atoms with Crippen molar-refractivity contribution in [1.82, 2.24) is 19.9 Å². The first kappa shape index (κ1) is 14.6. The summed E-state index contributed by atoms with van der Waals surface area (Å²) in [6, 6.07) is 5.39. The summed E-state index contributed by atoms with van der Waals surface area (Å²) >= 11 is 1.57. The lowest BCUT2D eigenvalue weighted by Gasteiger charge is -2.23. The zero-order chi connectivity index (χ0) is 15.7. The van der Waals surface area contributed by atoms with Gasteiger partial charge in [-0.2, -0.15) is 0 Å². The Morgan fingerprint density at radius 1 is 1.27 bits per heavy atom. The maximum atomic E-state index is 12.8.